The number of aryl methyl sites for hydroxylation is 1. The molecule has 1 aliphatic rings. The summed E-state index contributed by atoms with van der Waals surface area (Å²) in [5.74, 6) is 0.183. The van der Waals surface area contributed by atoms with Crippen molar-refractivity contribution in [3.8, 4) is 0 Å². The van der Waals surface area contributed by atoms with Gasteiger partial charge >= 0.3 is 0 Å². The van der Waals surface area contributed by atoms with Gasteiger partial charge in [0.15, 0.2) is 0 Å². The first-order valence-electron chi connectivity index (χ1n) is 8.41. The van der Waals surface area contributed by atoms with Gasteiger partial charge in [-0.2, -0.15) is 0 Å². The number of halogens is 1. The van der Waals surface area contributed by atoms with Gasteiger partial charge in [0.1, 0.15) is 6.17 Å². The smallest absolute Gasteiger partial charge is 0.238 e. The number of hydrogen-bond donors (Lipinski definition) is 0. The van der Waals surface area contributed by atoms with E-state index in [1.165, 1.54) is 11.1 Å². The number of nitrogens with zero attached hydrogens (tertiary/aromatic N) is 2. The van der Waals surface area contributed by atoms with Crippen LogP contribution in [0.3, 0.4) is 0 Å². The van der Waals surface area contributed by atoms with Crippen molar-refractivity contribution in [3.05, 3.63) is 70.2 Å². The first-order valence-corrected chi connectivity index (χ1v) is 8.79. The summed E-state index contributed by atoms with van der Waals surface area (Å²) in [5.41, 5.74) is 3.72. The maximum Gasteiger partial charge on any atom is 0.238 e. The Labute approximate surface area is 148 Å². The van der Waals surface area contributed by atoms with Crippen LogP contribution in [0.5, 0.6) is 0 Å². The third-order valence-electron chi connectivity index (χ3n) is 4.66. The first kappa shape index (κ1) is 17.0. The Kier molecular flexibility index (Phi) is 5.22. The molecule has 0 saturated carbocycles. The molecule has 1 heterocycles. The van der Waals surface area contributed by atoms with Crippen LogP contribution in [0.1, 0.15) is 29.8 Å². The SMILES string of the molecule is CCc1ccc(CCN2C(=O)CN(C)C2c2ccc(Cl)cc2)cc1. The Bertz CT molecular complexity index is 697. The molecule has 2 aromatic rings. The van der Waals surface area contributed by atoms with E-state index in [4.69, 9.17) is 11.6 Å². The van der Waals surface area contributed by atoms with E-state index in [0.717, 1.165) is 24.9 Å². The van der Waals surface area contributed by atoms with Crippen molar-refractivity contribution in [1.29, 1.82) is 0 Å². The van der Waals surface area contributed by atoms with Gasteiger partial charge in [-0.1, -0.05) is 54.9 Å². The van der Waals surface area contributed by atoms with Gasteiger partial charge in [0.2, 0.25) is 5.91 Å². The highest BCUT2D eigenvalue weighted by Crippen LogP contribution is 2.30. The lowest BCUT2D eigenvalue weighted by Crippen LogP contribution is -2.32. The Balaban J connectivity index is 1.73. The maximum atomic E-state index is 12.4. The van der Waals surface area contributed by atoms with Gasteiger partial charge in [-0.25, -0.2) is 0 Å². The summed E-state index contributed by atoms with van der Waals surface area (Å²) in [5, 5.41) is 0.716. The van der Waals surface area contributed by atoms with Crippen LogP contribution in [0.25, 0.3) is 0 Å². The maximum absolute atomic E-state index is 12.4. The van der Waals surface area contributed by atoms with E-state index in [9.17, 15) is 4.79 Å². The molecule has 0 aromatic heterocycles. The van der Waals surface area contributed by atoms with Crippen molar-refractivity contribution in [3.63, 3.8) is 0 Å². The second kappa shape index (κ2) is 7.37. The normalized spacial score (nSPS) is 18.4. The van der Waals surface area contributed by atoms with Crippen LogP contribution in [-0.2, 0) is 17.6 Å². The zero-order valence-corrected chi connectivity index (χ0v) is 15.0. The van der Waals surface area contributed by atoms with Crippen LogP contribution in [0.4, 0.5) is 0 Å². The van der Waals surface area contributed by atoms with E-state index in [2.05, 4.69) is 36.1 Å². The molecule has 3 rings (SSSR count). The van der Waals surface area contributed by atoms with Crippen molar-refractivity contribution >= 4 is 17.5 Å². The van der Waals surface area contributed by atoms with Crippen molar-refractivity contribution in [2.75, 3.05) is 20.1 Å². The van der Waals surface area contributed by atoms with Gasteiger partial charge in [-0.05, 0) is 48.7 Å². The van der Waals surface area contributed by atoms with Gasteiger partial charge in [-0.3, -0.25) is 9.69 Å². The van der Waals surface area contributed by atoms with E-state index in [0.29, 0.717) is 11.6 Å². The highest BCUT2D eigenvalue weighted by molar-refractivity contribution is 6.30. The third-order valence-corrected chi connectivity index (χ3v) is 4.91. The average Bonchev–Trinajstić information content (AvgIpc) is 2.88. The van der Waals surface area contributed by atoms with Crippen LogP contribution >= 0.6 is 11.6 Å². The lowest BCUT2D eigenvalue weighted by molar-refractivity contribution is -0.128. The summed E-state index contributed by atoms with van der Waals surface area (Å²) in [4.78, 5) is 16.5. The van der Waals surface area contributed by atoms with E-state index in [-0.39, 0.29) is 12.1 Å². The molecule has 1 amide bonds. The summed E-state index contributed by atoms with van der Waals surface area (Å²) in [6.45, 7) is 3.34. The summed E-state index contributed by atoms with van der Waals surface area (Å²) in [6, 6.07) is 16.5. The molecule has 3 nitrogen and oxygen atoms in total. The molecule has 1 atom stereocenters. The van der Waals surface area contributed by atoms with Gasteiger partial charge in [0, 0.05) is 11.6 Å². The van der Waals surface area contributed by atoms with E-state index >= 15 is 0 Å². The lowest BCUT2D eigenvalue weighted by Gasteiger charge is -2.28. The number of hydrogen-bond acceptors (Lipinski definition) is 2. The number of rotatable bonds is 5. The minimum Gasteiger partial charge on any atom is -0.321 e. The fourth-order valence-electron chi connectivity index (χ4n) is 3.27. The van der Waals surface area contributed by atoms with Gasteiger partial charge < -0.3 is 4.90 Å². The Hall–Kier alpha value is -1.84. The predicted octanol–water partition coefficient (Wildman–Crippen LogP) is 3.92. The van der Waals surface area contributed by atoms with Crippen molar-refractivity contribution in [1.82, 2.24) is 9.80 Å². The van der Waals surface area contributed by atoms with Crippen LogP contribution in [0.2, 0.25) is 5.02 Å². The molecular weight excluding hydrogens is 320 g/mol. The van der Waals surface area contributed by atoms with Gasteiger partial charge in [-0.15, -0.1) is 0 Å². The fourth-order valence-corrected chi connectivity index (χ4v) is 3.40. The molecule has 2 aromatic carbocycles. The minimum absolute atomic E-state index is 0.00955. The number of carbonyl (C=O) groups is 1. The molecule has 1 aliphatic heterocycles. The molecule has 0 radical (unpaired) electrons. The number of amides is 1. The van der Waals surface area contributed by atoms with Crippen molar-refractivity contribution in [2.45, 2.75) is 25.9 Å². The van der Waals surface area contributed by atoms with E-state index in [1.54, 1.807) is 0 Å². The quantitative estimate of drug-likeness (QED) is 0.822. The van der Waals surface area contributed by atoms with Crippen LogP contribution < -0.4 is 0 Å². The highest BCUT2D eigenvalue weighted by Gasteiger charge is 2.35. The summed E-state index contributed by atoms with van der Waals surface area (Å²) in [7, 11) is 1.99. The molecule has 0 spiro atoms. The van der Waals surface area contributed by atoms with Gasteiger partial charge in [0.25, 0.3) is 0 Å². The molecule has 0 N–H and O–H groups in total. The molecule has 126 valence electrons. The van der Waals surface area contributed by atoms with Crippen LogP contribution in [-0.4, -0.2) is 35.8 Å². The average molecular weight is 343 g/mol. The summed E-state index contributed by atoms with van der Waals surface area (Å²) < 4.78 is 0. The Morgan fingerprint density at radius 3 is 2.29 bits per heavy atom. The standard InChI is InChI=1S/C20H23ClN2O/c1-3-15-4-6-16(7-5-15)12-13-23-19(24)14-22(2)20(23)17-8-10-18(21)11-9-17/h4-11,20H,3,12-14H2,1-2H3. The molecule has 24 heavy (non-hydrogen) atoms. The largest absolute Gasteiger partial charge is 0.321 e. The number of benzene rings is 2. The monoisotopic (exact) mass is 342 g/mol. The third kappa shape index (κ3) is 3.63. The first-order chi connectivity index (χ1) is 11.6. The summed E-state index contributed by atoms with van der Waals surface area (Å²) in [6.07, 6.45) is 1.91. The number of likely N-dealkylation sites (N-methyl/N-ethyl adjacent to an activating group) is 1. The molecule has 0 aliphatic carbocycles. The molecule has 4 heteroatoms. The topological polar surface area (TPSA) is 23.6 Å². The van der Waals surface area contributed by atoms with E-state index in [1.807, 2.05) is 36.2 Å². The van der Waals surface area contributed by atoms with Crippen molar-refractivity contribution < 1.29 is 4.79 Å². The Morgan fingerprint density at radius 1 is 1.04 bits per heavy atom. The molecular formula is C20H23ClN2O. The lowest BCUT2D eigenvalue weighted by atomic mass is 10.1. The van der Waals surface area contributed by atoms with Crippen LogP contribution in [0.15, 0.2) is 48.5 Å². The van der Waals surface area contributed by atoms with Crippen molar-refractivity contribution in [2.24, 2.45) is 0 Å². The molecule has 0 bridgehead atoms. The van der Waals surface area contributed by atoms with Crippen LogP contribution in [0, 0.1) is 0 Å². The summed E-state index contributed by atoms with van der Waals surface area (Å²) >= 11 is 5.99. The zero-order valence-electron chi connectivity index (χ0n) is 14.2. The second-order valence-electron chi connectivity index (χ2n) is 6.35. The molecule has 1 unspecified atom stereocenters. The minimum atomic E-state index is -0.00955. The number of carbonyl (C=O) groups excluding carboxylic acids is 1. The second-order valence-corrected chi connectivity index (χ2v) is 6.78. The predicted molar refractivity (Wildman–Crippen MR) is 98.1 cm³/mol. The Morgan fingerprint density at radius 2 is 1.67 bits per heavy atom. The zero-order chi connectivity index (χ0) is 17.1. The molecule has 1 fully saturated rings. The molecule has 1 saturated heterocycles. The highest BCUT2D eigenvalue weighted by atomic mass is 35.5. The fraction of sp³-hybridized carbons (Fsp3) is 0.350. The van der Waals surface area contributed by atoms with E-state index < -0.39 is 0 Å². The van der Waals surface area contributed by atoms with Gasteiger partial charge in [0.05, 0.1) is 6.54 Å².